The topological polar surface area (TPSA) is 0 Å². The number of hydrogen-bond acceptors (Lipinski definition) is 2. The molecule has 0 nitrogen and oxygen atoms in total. The molecule has 0 aliphatic carbocycles. The van der Waals surface area contributed by atoms with E-state index >= 15 is 0 Å². The summed E-state index contributed by atoms with van der Waals surface area (Å²) in [6, 6.07) is 24.4. The molecule has 152 valence electrons. The van der Waals surface area contributed by atoms with Crippen molar-refractivity contribution in [3.8, 4) is 9.75 Å². The van der Waals surface area contributed by atoms with Crippen molar-refractivity contribution in [2.75, 3.05) is 6.66 Å². The average Bonchev–Trinajstić information content (AvgIpc) is 3.33. The Morgan fingerprint density at radius 1 is 0.806 bits per heavy atom. The Kier molecular flexibility index (Phi) is 5.40. The van der Waals surface area contributed by atoms with Gasteiger partial charge in [0.15, 0.2) is 0 Å². The van der Waals surface area contributed by atoms with Gasteiger partial charge in [0.05, 0.1) is 4.88 Å². The number of rotatable bonds is 5. The van der Waals surface area contributed by atoms with Gasteiger partial charge >= 0.3 is 0 Å². The predicted octanol–water partition coefficient (Wildman–Crippen LogP) is 8.44. The lowest BCUT2D eigenvalue weighted by Crippen LogP contribution is -2.11. The van der Waals surface area contributed by atoms with E-state index in [1.807, 2.05) is 34.8 Å². The maximum Gasteiger partial charge on any atom is 0.0538 e. The molecule has 31 heavy (non-hydrogen) atoms. The molecule has 0 spiro atoms. The standard InChI is InChI=1S/C28H23PS2/c1-5-22-18(3)27(30-24(22)6-2)28-26(29(4)21-14-8-7-9-15-21)23-16-19-12-10-11-13-20(19)17-25(23)31-28/h5-17H,1-2H2,3-4H3. The second kappa shape index (κ2) is 8.20. The van der Waals surface area contributed by atoms with E-state index in [1.54, 1.807) is 0 Å². The summed E-state index contributed by atoms with van der Waals surface area (Å²) < 4.78 is 1.36. The van der Waals surface area contributed by atoms with Crippen molar-refractivity contribution < 1.29 is 0 Å². The van der Waals surface area contributed by atoms with Crippen LogP contribution in [0.1, 0.15) is 16.0 Å². The highest BCUT2D eigenvalue weighted by Crippen LogP contribution is 2.47. The van der Waals surface area contributed by atoms with Gasteiger partial charge in [0.25, 0.3) is 0 Å². The number of benzene rings is 3. The summed E-state index contributed by atoms with van der Waals surface area (Å²) in [6.45, 7) is 12.7. The molecule has 0 bridgehead atoms. The van der Waals surface area contributed by atoms with Crippen molar-refractivity contribution in [2.45, 2.75) is 6.92 Å². The summed E-state index contributed by atoms with van der Waals surface area (Å²) in [7, 11) is -0.489. The molecule has 0 fully saturated rings. The molecule has 0 saturated carbocycles. The maximum absolute atomic E-state index is 4.06. The zero-order valence-electron chi connectivity index (χ0n) is 17.7. The van der Waals surface area contributed by atoms with Gasteiger partial charge in [-0.15, -0.1) is 22.7 Å². The lowest BCUT2D eigenvalue weighted by Gasteiger charge is -2.15. The summed E-state index contributed by atoms with van der Waals surface area (Å²) in [5.74, 6) is 0. The van der Waals surface area contributed by atoms with Gasteiger partial charge in [-0.25, -0.2) is 0 Å². The third-order valence-corrected chi connectivity index (χ3v) is 10.8. The number of hydrogen-bond donors (Lipinski definition) is 0. The summed E-state index contributed by atoms with van der Waals surface area (Å²) in [5.41, 5.74) is 2.52. The van der Waals surface area contributed by atoms with Crippen LogP contribution in [0.25, 0.3) is 42.8 Å². The number of thiophene rings is 2. The summed E-state index contributed by atoms with van der Waals surface area (Å²) >= 11 is 3.77. The van der Waals surface area contributed by atoms with Crippen LogP contribution in [0.15, 0.2) is 79.9 Å². The summed E-state index contributed by atoms with van der Waals surface area (Å²) in [6.07, 6.45) is 3.94. The first-order valence-electron chi connectivity index (χ1n) is 10.2. The third-order valence-electron chi connectivity index (χ3n) is 5.83. The highest BCUT2D eigenvalue weighted by Gasteiger charge is 2.24. The molecule has 3 heteroatoms. The van der Waals surface area contributed by atoms with Gasteiger partial charge in [0, 0.05) is 25.1 Å². The van der Waals surface area contributed by atoms with Crippen LogP contribution in [-0.4, -0.2) is 6.66 Å². The Morgan fingerprint density at radius 3 is 2.13 bits per heavy atom. The minimum absolute atomic E-state index is 0.489. The molecule has 0 aliphatic heterocycles. The van der Waals surface area contributed by atoms with Crippen LogP contribution >= 0.6 is 30.6 Å². The largest absolute Gasteiger partial charge is 0.134 e. The van der Waals surface area contributed by atoms with E-state index in [1.165, 1.54) is 57.2 Å². The van der Waals surface area contributed by atoms with Crippen LogP contribution in [0.2, 0.25) is 0 Å². The smallest absolute Gasteiger partial charge is 0.0538 e. The first kappa shape index (κ1) is 20.4. The molecule has 5 rings (SSSR count). The fraction of sp³-hybridized carbons (Fsp3) is 0.0714. The van der Waals surface area contributed by atoms with Gasteiger partial charge in [-0.2, -0.15) is 0 Å². The van der Waals surface area contributed by atoms with Crippen LogP contribution in [0, 0.1) is 6.92 Å². The van der Waals surface area contributed by atoms with Gasteiger partial charge in [0.2, 0.25) is 0 Å². The summed E-state index contributed by atoms with van der Waals surface area (Å²) in [5, 5.41) is 6.90. The van der Waals surface area contributed by atoms with Crippen LogP contribution in [0.4, 0.5) is 0 Å². The molecular formula is C28H23PS2. The SMILES string of the molecule is C=Cc1sc(-c2sc3cc4ccccc4cc3c2P(C)c2ccccc2)c(C)c1C=C. The Morgan fingerprint density at radius 2 is 1.48 bits per heavy atom. The Bertz CT molecular complexity index is 1440. The van der Waals surface area contributed by atoms with Crippen LogP contribution in [0.5, 0.6) is 0 Å². The molecule has 0 amide bonds. The second-order valence-electron chi connectivity index (χ2n) is 7.61. The van der Waals surface area contributed by atoms with E-state index < -0.39 is 7.92 Å². The zero-order chi connectivity index (χ0) is 21.5. The Labute approximate surface area is 192 Å². The Balaban J connectivity index is 1.85. The van der Waals surface area contributed by atoms with E-state index in [0.717, 1.165) is 0 Å². The van der Waals surface area contributed by atoms with Crippen molar-refractivity contribution >= 4 is 74.2 Å². The quantitative estimate of drug-likeness (QED) is 0.234. The van der Waals surface area contributed by atoms with Crippen LogP contribution in [0.3, 0.4) is 0 Å². The first-order valence-corrected chi connectivity index (χ1v) is 13.7. The van der Waals surface area contributed by atoms with Gasteiger partial charge in [-0.05, 0) is 60.8 Å². The fourth-order valence-corrected chi connectivity index (χ4v) is 9.23. The van der Waals surface area contributed by atoms with E-state index in [4.69, 9.17) is 0 Å². The zero-order valence-corrected chi connectivity index (χ0v) is 20.2. The molecule has 3 aromatic carbocycles. The lowest BCUT2D eigenvalue weighted by atomic mass is 10.1. The van der Waals surface area contributed by atoms with Crippen molar-refractivity contribution in [1.29, 1.82) is 0 Å². The van der Waals surface area contributed by atoms with E-state index in [9.17, 15) is 0 Å². The minimum Gasteiger partial charge on any atom is -0.134 e. The van der Waals surface area contributed by atoms with Gasteiger partial charge in [0.1, 0.15) is 0 Å². The predicted molar refractivity (Wildman–Crippen MR) is 146 cm³/mol. The average molecular weight is 455 g/mol. The molecule has 0 N–H and O–H groups in total. The fourth-order valence-electron chi connectivity index (χ4n) is 4.21. The third kappa shape index (κ3) is 3.40. The van der Waals surface area contributed by atoms with E-state index in [-0.39, 0.29) is 0 Å². The highest BCUT2D eigenvalue weighted by molar-refractivity contribution is 7.73. The molecule has 0 saturated heterocycles. The second-order valence-corrected chi connectivity index (χ2v) is 11.8. The molecule has 0 radical (unpaired) electrons. The van der Waals surface area contributed by atoms with E-state index in [0.29, 0.717) is 0 Å². The maximum atomic E-state index is 4.06. The first-order chi connectivity index (χ1) is 15.1. The van der Waals surface area contributed by atoms with Crippen molar-refractivity contribution in [2.24, 2.45) is 0 Å². The molecule has 5 aromatic rings. The van der Waals surface area contributed by atoms with E-state index in [2.05, 4.69) is 93.5 Å². The molecule has 2 heterocycles. The van der Waals surface area contributed by atoms with Gasteiger partial charge in [-0.1, -0.05) is 79.9 Å². The van der Waals surface area contributed by atoms with Crippen LogP contribution in [-0.2, 0) is 0 Å². The van der Waals surface area contributed by atoms with Crippen molar-refractivity contribution in [1.82, 2.24) is 0 Å². The molecule has 2 aromatic heterocycles. The number of fused-ring (bicyclic) bond motifs is 2. The molecular weight excluding hydrogens is 431 g/mol. The monoisotopic (exact) mass is 454 g/mol. The highest BCUT2D eigenvalue weighted by atomic mass is 32.1. The molecule has 1 unspecified atom stereocenters. The van der Waals surface area contributed by atoms with Crippen molar-refractivity contribution in [3.05, 3.63) is 95.9 Å². The summed E-state index contributed by atoms with van der Waals surface area (Å²) in [4.78, 5) is 3.97. The molecule has 0 aliphatic rings. The van der Waals surface area contributed by atoms with Crippen molar-refractivity contribution in [3.63, 3.8) is 0 Å². The molecule has 1 atom stereocenters. The van der Waals surface area contributed by atoms with Crippen LogP contribution < -0.4 is 10.6 Å². The normalized spacial score (nSPS) is 12.3. The van der Waals surface area contributed by atoms with Gasteiger partial charge < -0.3 is 0 Å². The minimum atomic E-state index is -0.489. The Hall–Kier alpha value is -2.51. The van der Waals surface area contributed by atoms with Gasteiger partial charge in [-0.3, -0.25) is 0 Å². The lowest BCUT2D eigenvalue weighted by molar-refractivity contribution is 1.52.